The molecule has 1 fully saturated rings. The molecule has 1 saturated heterocycles. The lowest BCUT2D eigenvalue weighted by molar-refractivity contribution is -0.123. The highest BCUT2D eigenvalue weighted by atomic mass is 35.5. The Morgan fingerprint density at radius 3 is 2.67 bits per heavy atom. The van der Waals surface area contributed by atoms with E-state index in [4.69, 9.17) is 9.47 Å². The number of rotatable bonds is 0. The number of carbonyl (C=O) groups excluding carboxylic acids is 2. The molecule has 0 spiro atoms. The Kier molecular flexibility index (Phi) is 7.18. The molecule has 0 radical (unpaired) electrons. The molecule has 4 bridgehead atoms. The second-order valence-corrected chi connectivity index (χ2v) is 7.42. The molecule has 160 valence electrons. The van der Waals surface area contributed by atoms with E-state index in [9.17, 15) is 9.59 Å². The van der Waals surface area contributed by atoms with Gasteiger partial charge in [-0.3, -0.25) is 9.59 Å². The number of benzene rings is 2. The number of carbonyl (C=O) groups is 2. The van der Waals surface area contributed by atoms with Gasteiger partial charge in [-0.1, -0.05) is 18.2 Å². The summed E-state index contributed by atoms with van der Waals surface area (Å²) in [6, 6.07) is 12.7. The quantitative estimate of drug-likeness (QED) is 0.593. The fraction of sp³-hybridized carbons (Fsp3) is 0.364. The summed E-state index contributed by atoms with van der Waals surface area (Å²) >= 11 is 0. The number of nitrogens with one attached hydrogen (secondary N) is 3. The smallest absolute Gasteiger partial charge is 0.258 e. The number of aryl methyl sites for hydroxylation is 1. The van der Waals surface area contributed by atoms with Gasteiger partial charge in [0.1, 0.15) is 17.6 Å². The van der Waals surface area contributed by atoms with Crippen LogP contribution in [0, 0.1) is 6.92 Å². The Hall–Kier alpha value is -2.77. The summed E-state index contributed by atoms with van der Waals surface area (Å²) in [5.41, 5.74) is 2.33. The van der Waals surface area contributed by atoms with Crippen molar-refractivity contribution in [2.24, 2.45) is 0 Å². The van der Waals surface area contributed by atoms with Gasteiger partial charge in [0, 0.05) is 18.7 Å². The van der Waals surface area contributed by atoms with E-state index in [1.807, 2.05) is 37.3 Å². The molecular formula is C22H26ClN3O4. The summed E-state index contributed by atoms with van der Waals surface area (Å²) in [5, 5.41) is 9.24. The monoisotopic (exact) mass is 431 g/mol. The Morgan fingerprint density at radius 1 is 1.07 bits per heavy atom. The molecule has 2 aromatic rings. The third-order valence-electron chi connectivity index (χ3n) is 5.24. The van der Waals surface area contributed by atoms with E-state index in [2.05, 4.69) is 16.0 Å². The molecule has 0 saturated carbocycles. The summed E-state index contributed by atoms with van der Waals surface area (Å²) in [6.07, 6.45) is 0.674. The zero-order valence-corrected chi connectivity index (χ0v) is 17.6. The van der Waals surface area contributed by atoms with Crippen LogP contribution in [0.1, 0.15) is 27.9 Å². The second kappa shape index (κ2) is 9.82. The summed E-state index contributed by atoms with van der Waals surface area (Å²) < 4.78 is 11.8. The lowest BCUT2D eigenvalue weighted by Gasteiger charge is -2.33. The number of hydrogen-bond acceptors (Lipinski definition) is 5. The van der Waals surface area contributed by atoms with Crippen LogP contribution in [0.3, 0.4) is 0 Å². The lowest BCUT2D eigenvalue weighted by Crippen LogP contribution is -2.55. The van der Waals surface area contributed by atoms with E-state index < -0.39 is 0 Å². The topological polar surface area (TPSA) is 88.7 Å². The molecule has 8 heteroatoms. The maximum atomic E-state index is 12.8. The average molecular weight is 432 g/mol. The molecule has 3 heterocycles. The maximum Gasteiger partial charge on any atom is 0.258 e. The minimum Gasteiger partial charge on any atom is -0.488 e. The van der Waals surface area contributed by atoms with Gasteiger partial charge in [0.2, 0.25) is 0 Å². The molecule has 2 aromatic carbocycles. The predicted molar refractivity (Wildman–Crippen MR) is 115 cm³/mol. The van der Waals surface area contributed by atoms with Crippen molar-refractivity contribution in [3.8, 4) is 11.5 Å². The van der Waals surface area contributed by atoms with E-state index >= 15 is 0 Å². The van der Waals surface area contributed by atoms with Crippen molar-refractivity contribution in [1.29, 1.82) is 0 Å². The normalized spacial score (nSPS) is 21.6. The van der Waals surface area contributed by atoms with Crippen LogP contribution in [0.25, 0.3) is 0 Å². The van der Waals surface area contributed by atoms with E-state index in [1.165, 1.54) is 0 Å². The number of halogens is 1. The molecule has 5 rings (SSSR count). The molecule has 2 atom stereocenters. The zero-order valence-electron chi connectivity index (χ0n) is 16.8. The average Bonchev–Trinajstić information content (AvgIpc) is 2.73. The van der Waals surface area contributed by atoms with Gasteiger partial charge in [0.15, 0.2) is 6.61 Å². The minimum atomic E-state index is -0.221. The third kappa shape index (κ3) is 5.23. The van der Waals surface area contributed by atoms with Crippen LogP contribution in [0.15, 0.2) is 42.5 Å². The second-order valence-electron chi connectivity index (χ2n) is 7.42. The van der Waals surface area contributed by atoms with Gasteiger partial charge in [-0.15, -0.1) is 12.4 Å². The predicted octanol–water partition coefficient (Wildman–Crippen LogP) is 1.96. The van der Waals surface area contributed by atoms with Crippen molar-refractivity contribution in [3.05, 3.63) is 59.2 Å². The first-order chi connectivity index (χ1) is 14.1. The van der Waals surface area contributed by atoms with Gasteiger partial charge in [0.05, 0.1) is 6.04 Å². The maximum absolute atomic E-state index is 12.8. The van der Waals surface area contributed by atoms with Crippen LogP contribution in [-0.4, -0.2) is 43.7 Å². The highest BCUT2D eigenvalue weighted by Gasteiger charge is 2.28. The van der Waals surface area contributed by atoms with Crippen LogP contribution in [0.2, 0.25) is 0 Å². The van der Waals surface area contributed by atoms with Gasteiger partial charge < -0.3 is 25.4 Å². The molecule has 7 nitrogen and oxygen atoms in total. The summed E-state index contributed by atoms with van der Waals surface area (Å²) in [5.74, 6) is 0.856. The molecule has 3 aliphatic rings. The van der Waals surface area contributed by atoms with E-state index in [0.717, 1.165) is 29.8 Å². The molecular weight excluding hydrogens is 406 g/mol. The summed E-state index contributed by atoms with van der Waals surface area (Å²) in [6.45, 7) is 3.67. The van der Waals surface area contributed by atoms with Gasteiger partial charge >= 0.3 is 0 Å². The number of hydrogen-bond donors (Lipinski definition) is 3. The van der Waals surface area contributed by atoms with Crippen molar-refractivity contribution in [1.82, 2.24) is 16.0 Å². The van der Waals surface area contributed by atoms with Crippen molar-refractivity contribution in [3.63, 3.8) is 0 Å². The van der Waals surface area contributed by atoms with Crippen LogP contribution in [0.5, 0.6) is 11.5 Å². The van der Waals surface area contributed by atoms with Crippen LogP contribution < -0.4 is 25.4 Å². The summed E-state index contributed by atoms with van der Waals surface area (Å²) in [7, 11) is 0. The Labute approximate surface area is 181 Å². The molecule has 2 amide bonds. The number of piperidine rings is 1. The summed E-state index contributed by atoms with van der Waals surface area (Å²) in [4.78, 5) is 25.0. The van der Waals surface area contributed by atoms with Gasteiger partial charge in [-0.25, -0.2) is 0 Å². The highest BCUT2D eigenvalue weighted by Crippen LogP contribution is 2.21. The molecule has 0 unspecified atom stereocenters. The molecule has 30 heavy (non-hydrogen) atoms. The molecule has 0 aromatic heterocycles. The SMILES string of the molecule is Cc1ccc2cc1OCC(=O)NCc1ccc(cc1)O[C@H]1CCNC[C@@H]1NC2=O.Cl. The number of fused-ring (bicyclic) bond motifs is 7. The largest absolute Gasteiger partial charge is 0.488 e. The van der Waals surface area contributed by atoms with Crippen molar-refractivity contribution < 1.29 is 19.1 Å². The van der Waals surface area contributed by atoms with Crippen LogP contribution >= 0.6 is 12.4 Å². The van der Waals surface area contributed by atoms with Crippen molar-refractivity contribution in [2.45, 2.75) is 32.0 Å². The number of ether oxygens (including phenoxy) is 2. The van der Waals surface area contributed by atoms with E-state index in [1.54, 1.807) is 12.1 Å². The lowest BCUT2D eigenvalue weighted by atomic mass is 10.0. The van der Waals surface area contributed by atoms with Crippen molar-refractivity contribution >= 4 is 24.2 Å². The van der Waals surface area contributed by atoms with Crippen LogP contribution in [0.4, 0.5) is 0 Å². The van der Waals surface area contributed by atoms with Gasteiger partial charge in [-0.2, -0.15) is 0 Å². The fourth-order valence-corrected chi connectivity index (χ4v) is 3.52. The molecule has 3 N–H and O–H groups in total. The van der Waals surface area contributed by atoms with Gasteiger partial charge in [0.25, 0.3) is 11.8 Å². The Bertz CT molecular complexity index is 904. The minimum absolute atomic E-state index is 0. The number of amides is 2. The van der Waals surface area contributed by atoms with E-state index in [0.29, 0.717) is 24.4 Å². The first kappa shape index (κ1) is 21.9. The Balaban J connectivity index is 0.00000256. The molecule has 3 aliphatic heterocycles. The standard InChI is InChI=1S/C22H25N3O4.ClH/c1-14-2-5-16-10-20(14)28-13-21(26)24-11-15-3-6-17(7-4-15)29-19-8-9-23-12-18(19)25-22(16)27;/h2-7,10,18-19,23H,8-9,11-13H2,1H3,(H,24,26)(H,25,27);1H/t18-,19-;/m0./s1. The fourth-order valence-electron chi connectivity index (χ4n) is 3.52. The van der Waals surface area contributed by atoms with Gasteiger partial charge in [-0.05, 0) is 55.3 Å². The Morgan fingerprint density at radius 2 is 1.87 bits per heavy atom. The third-order valence-corrected chi connectivity index (χ3v) is 5.24. The van der Waals surface area contributed by atoms with E-state index in [-0.39, 0.29) is 43.0 Å². The highest BCUT2D eigenvalue weighted by molar-refractivity contribution is 5.95. The van der Waals surface area contributed by atoms with Crippen molar-refractivity contribution in [2.75, 3.05) is 19.7 Å². The first-order valence-electron chi connectivity index (χ1n) is 9.86. The molecule has 0 aliphatic carbocycles. The zero-order chi connectivity index (χ0) is 20.2. The first-order valence-corrected chi connectivity index (χ1v) is 9.86. The van der Waals surface area contributed by atoms with Crippen LogP contribution in [-0.2, 0) is 11.3 Å².